The molecule has 1 fully saturated rings. The summed E-state index contributed by atoms with van der Waals surface area (Å²) >= 11 is 0. The molecule has 1 atom stereocenters. The predicted molar refractivity (Wildman–Crippen MR) is 84.5 cm³/mol. The maximum absolute atomic E-state index is 12.5. The average molecular weight is 313 g/mol. The van der Waals surface area contributed by atoms with E-state index in [4.69, 9.17) is 0 Å². The third-order valence-corrected chi connectivity index (χ3v) is 5.92. The molecule has 0 saturated heterocycles. The minimum atomic E-state index is -3.42. The van der Waals surface area contributed by atoms with Crippen LogP contribution in [0.3, 0.4) is 0 Å². The fourth-order valence-electron chi connectivity index (χ4n) is 3.02. The highest BCUT2D eigenvalue weighted by Gasteiger charge is 2.26. The van der Waals surface area contributed by atoms with Gasteiger partial charge in [0.05, 0.1) is 4.90 Å². The molecule has 0 amide bonds. The minimum Gasteiger partial charge on any atom is -0.352 e. The standard InChI is InChI=1S/C15H27N3O2S/c1-4-16-10-14-9-15(11-18(14)3)21(19,20)17-12(2)13-7-5-6-8-13/h9,11-13,16-17H,4-8,10H2,1-3H3. The van der Waals surface area contributed by atoms with Crippen molar-refractivity contribution in [3.8, 4) is 0 Å². The van der Waals surface area contributed by atoms with Gasteiger partial charge in [0.15, 0.2) is 0 Å². The summed E-state index contributed by atoms with van der Waals surface area (Å²) in [6.07, 6.45) is 6.38. The molecule has 2 rings (SSSR count). The number of rotatable bonds is 7. The van der Waals surface area contributed by atoms with Crippen LogP contribution in [0.1, 0.15) is 45.2 Å². The SMILES string of the molecule is CCNCc1cc(S(=O)(=O)NC(C)C2CCCC2)cn1C. The summed E-state index contributed by atoms with van der Waals surface area (Å²) in [5.74, 6) is 0.477. The number of aryl methyl sites for hydroxylation is 1. The molecular formula is C15H27N3O2S. The van der Waals surface area contributed by atoms with E-state index in [2.05, 4.69) is 10.0 Å². The van der Waals surface area contributed by atoms with Crippen LogP contribution in [0.15, 0.2) is 17.2 Å². The summed E-state index contributed by atoms with van der Waals surface area (Å²) in [6.45, 7) is 5.56. The molecular weight excluding hydrogens is 286 g/mol. The van der Waals surface area contributed by atoms with E-state index in [1.165, 1.54) is 12.8 Å². The lowest BCUT2D eigenvalue weighted by atomic mass is 10.0. The highest BCUT2D eigenvalue weighted by atomic mass is 32.2. The third-order valence-electron chi connectivity index (χ3n) is 4.40. The monoisotopic (exact) mass is 313 g/mol. The second-order valence-electron chi connectivity index (χ2n) is 6.01. The molecule has 0 bridgehead atoms. The van der Waals surface area contributed by atoms with E-state index in [0.29, 0.717) is 17.4 Å². The van der Waals surface area contributed by atoms with Crippen LogP contribution in [0, 0.1) is 5.92 Å². The third kappa shape index (κ3) is 4.08. The van der Waals surface area contributed by atoms with Crippen LogP contribution in [0.2, 0.25) is 0 Å². The van der Waals surface area contributed by atoms with Crippen molar-refractivity contribution in [3.63, 3.8) is 0 Å². The van der Waals surface area contributed by atoms with E-state index in [0.717, 1.165) is 25.1 Å². The van der Waals surface area contributed by atoms with Gasteiger partial charge in [-0.05, 0) is 38.3 Å². The fourth-order valence-corrected chi connectivity index (χ4v) is 4.43. The Morgan fingerprint density at radius 2 is 2.05 bits per heavy atom. The van der Waals surface area contributed by atoms with Gasteiger partial charge in [0.1, 0.15) is 0 Å². The molecule has 1 heterocycles. The van der Waals surface area contributed by atoms with Crippen LogP contribution < -0.4 is 10.0 Å². The van der Waals surface area contributed by atoms with Crippen LogP contribution in [0.5, 0.6) is 0 Å². The van der Waals surface area contributed by atoms with Gasteiger partial charge in [-0.2, -0.15) is 0 Å². The van der Waals surface area contributed by atoms with Crippen molar-refractivity contribution in [1.29, 1.82) is 0 Å². The van der Waals surface area contributed by atoms with Crippen molar-refractivity contribution in [2.75, 3.05) is 6.54 Å². The number of hydrogen-bond donors (Lipinski definition) is 2. The molecule has 1 aliphatic rings. The zero-order valence-electron chi connectivity index (χ0n) is 13.2. The lowest BCUT2D eigenvalue weighted by Gasteiger charge is -2.19. The van der Waals surface area contributed by atoms with E-state index in [1.807, 2.05) is 25.5 Å². The van der Waals surface area contributed by atoms with Gasteiger partial charge >= 0.3 is 0 Å². The molecule has 0 spiro atoms. The summed E-state index contributed by atoms with van der Waals surface area (Å²) in [7, 11) is -1.54. The summed E-state index contributed by atoms with van der Waals surface area (Å²) in [5, 5.41) is 3.22. The van der Waals surface area contributed by atoms with E-state index in [-0.39, 0.29) is 6.04 Å². The number of nitrogens with one attached hydrogen (secondary N) is 2. The molecule has 1 aliphatic carbocycles. The minimum absolute atomic E-state index is 0.00919. The smallest absolute Gasteiger partial charge is 0.242 e. The molecule has 0 aromatic carbocycles. The van der Waals surface area contributed by atoms with Crippen LogP contribution >= 0.6 is 0 Å². The van der Waals surface area contributed by atoms with Gasteiger partial charge in [-0.15, -0.1) is 0 Å². The van der Waals surface area contributed by atoms with Crippen LogP contribution in [0.4, 0.5) is 0 Å². The van der Waals surface area contributed by atoms with Crippen molar-refractivity contribution >= 4 is 10.0 Å². The van der Waals surface area contributed by atoms with E-state index in [9.17, 15) is 8.42 Å². The summed E-state index contributed by atoms with van der Waals surface area (Å²) < 4.78 is 29.7. The van der Waals surface area contributed by atoms with Crippen LogP contribution in [0.25, 0.3) is 0 Å². The molecule has 1 unspecified atom stereocenters. The molecule has 1 aromatic heterocycles. The largest absolute Gasteiger partial charge is 0.352 e. The van der Waals surface area contributed by atoms with Gasteiger partial charge in [-0.25, -0.2) is 13.1 Å². The Hall–Kier alpha value is -0.850. The van der Waals surface area contributed by atoms with Gasteiger partial charge in [-0.3, -0.25) is 0 Å². The summed E-state index contributed by atoms with van der Waals surface area (Å²) in [4.78, 5) is 0.364. The van der Waals surface area contributed by atoms with E-state index >= 15 is 0 Å². The lowest BCUT2D eigenvalue weighted by Crippen LogP contribution is -2.37. The van der Waals surface area contributed by atoms with Gasteiger partial charge in [-0.1, -0.05) is 19.8 Å². The molecule has 0 radical (unpaired) electrons. The molecule has 120 valence electrons. The van der Waals surface area contributed by atoms with E-state index < -0.39 is 10.0 Å². The number of nitrogens with zero attached hydrogens (tertiary/aromatic N) is 1. The zero-order chi connectivity index (χ0) is 15.5. The summed E-state index contributed by atoms with van der Waals surface area (Å²) in [5.41, 5.74) is 0.978. The van der Waals surface area contributed by atoms with Gasteiger partial charge in [0.2, 0.25) is 10.0 Å². The first kappa shape index (κ1) is 16.5. The second-order valence-corrected chi connectivity index (χ2v) is 7.73. The lowest BCUT2D eigenvalue weighted by molar-refractivity contribution is 0.424. The van der Waals surface area contributed by atoms with Crippen molar-refractivity contribution in [2.24, 2.45) is 13.0 Å². The normalized spacial score (nSPS) is 18.2. The van der Waals surface area contributed by atoms with Gasteiger partial charge in [0.25, 0.3) is 0 Å². The quantitative estimate of drug-likeness (QED) is 0.809. The van der Waals surface area contributed by atoms with Crippen LogP contribution in [-0.2, 0) is 23.6 Å². The highest BCUT2D eigenvalue weighted by molar-refractivity contribution is 7.89. The molecule has 2 N–H and O–H groups in total. The molecule has 5 nitrogen and oxygen atoms in total. The Kier molecular flexibility index (Phi) is 5.46. The van der Waals surface area contributed by atoms with Crippen molar-refractivity contribution in [3.05, 3.63) is 18.0 Å². The second kappa shape index (κ2) is 6.94. The van der Waals surface area contributed by atoms with Crippen molar-refractivity contribution in [1.82, 2.24) is 14.6 Å². The Morgan fingerprint density at radius 3 is 2.67 bits per heavy atom. The first-order valence-corrected chi connectivity index (χ1v) is 9.30. The molecule has 0 aliphatic heterocycles. The highest BCUT2D eigenvalue weighted by Crippen LogP contribution is 2.28. The van der Waals surface area contributed by atoms with Crippen molar-refractivity contribution in [2.45, 2.75) is 57.0 Å². The maximum Gasteiger partial charge on any atom is 0.242 e. The summed E-state index contributed by atoms with van der Waals surface area (Å²) in [6, 6.07) is 1.77. The van der Waals surface area contributed by atoms with Crippen molar-refractivity contribution < 1.29 is 8.42 Å². The Morgan fingerprint density at radius 1 is 1.38 bits per heavy atom. The first-order chi connectivity index (χ1) is 9.94. The van der Waals surface area contributed by atoms with Gasteiger partial charge < -0.3 is 9.88 Å². The van der Waals surface area contributed by atoms with Crippen LogP contribution in [-0.4, -0.2) is 25.6 Å². The zero-order valence-corrected chi connectivity index (χ0v) is 14.0. The Balaban J connectivity index is 2.08. The maximum atomic E-state index is 12.5. The molecule has 6 heteroatoms. The first-order valence-electron chi connectivity index (χ1n) is 7.82. The Labute approximate surface area is 128 Å². The number of sulfonamides is 1. The average Bonchev–Trinajstić information content (AvgIpc) is 3.05. The van der Waals surface area contributed by atoms with Gasteiger partial charge in [0, 0.05) is 31.5 Å². The topological polar surface area (TPSA) is 63.1 Å². The molecule has 21 heavy (non-hydrogen) atoms. The predicted octanol–water partition coefficient (Wildman–Crippen LogP) is 1.99. The number of aromatic nitrogens is 1. The molecule has 1 saturated carbocycles. The molecule has 1 aromatic rings. The van der Waals surface area contributed by atoms with E-state index in [1.54, 1.807) is 12.3 Å². The Bertz CT molecular complexity index is 559. The number of hydrogen-bond acceptors (Lipinski definition) is 3. The fraction of sp³-hybridized carbons (Fsp3) is 0.733.